The summed E-state index contributed by atoms with van der Waals surface area (Å²) in [5.41, 5.74) is 0.126. The molecule has 126 valence electrons. The van der Waals surface area contributed by atoms with Gasteiger partial charge < -0.3 is 4.74 Å². The molecule has 0 radical (unpaired) electrons. The van der Waals surface area contributed by atoms with Crippen LogP contribution in [0.3, 0.4) is 0 Å². The van der Waals surface area contributed by atoms with Crippen molar-refractivity contribution in [1.29, 1.82) is 0 Å². The first-order valence-electron chi connectivity index (χ1n) is 5.64. The largest absolute Gasteiger partial charge is 0.495 e. The van der Waals surface area contributed by atoms with Crippen LogP contribution in [-0.4, -0.2) is 48.6 Å². The number of hydrogen-bond acceptors (Lipinski definition) is 7. The molecule has 1 rings (SSSR count). The van der Waals surface area contributed by atoms with Crippen molar-refractivity contribution in [1.82, 2.24) is 3.71 Å². The van der Waals surface area contributed by atoms with Gasteiger partial charge in [-0.25, -0.2) is 30.4 Å². The van der Waals surface area contributed by atoms with Crippen LogP contribution in [0.4, 0.5) is 0 Å². The number of sulfonamides is 3. The van der Waals surface area contributed by atoms with Crippen LogP contribution in [0, 0.1) is 0 Å². The summed E-state index contributed by atoms with van der Waals surface area (Å²) in [4.78, 5) is -0.366. The van der Waals surface area contributed by atoms with Crippen LogP contribution in [0.2, 0.25) is 0 Å². The van der Waals surface area contributed by atoms with E-state index in [4.69, 9.17) is 9.88 Å². The van der Waals surface area contributed by atoms with Gasteiger partial charge in [0.2, 0.25) is 30.1 Å². The van der Waals surface area contributed by atoms with E-state index in [0.29, 0.717) is 0 Å². The van der Waals surface area contributed by atoms with Crippen molar-refractivity contribution in [2.45, 2.75) is 11.4 Å². The van der Waals surface area contributed by atoms with E-state index < -0.39 is 36.6 Å². The molecular formula is C10H16N2O7S3. The van der Waals surface area contributed by atoms with E-state index in [1.165, 1.54) is 19.2 Å². The molecule has 0 spiro atoms. The van der Waals surface area contributed by atoms with Gasteiger partial charge in [0.1, 0.15) is 10.6 Å². The summed E-state index contributed by atoms with van der Waals surface area (Å²) in [7, 11) is -11.0. The first-order valence-corrected chi connectivity index (χ1v) is 10.9. The van der Waals surface area contributed by atoms with Crippen molar-refractivity contribution in [3.05, 3.63) is 23.8 Å². The van der Waals surface area contributed by atoms with Crippen LogP contribution in [-0.2, 0) is 36.6 Å². The van der Waals surface area contributed by atoms with E-state index in [0.717, 1.165) is 18.6 Å². The van der Waals surface area contributed by atoms with Gasteiger partial charge >= 0.3 is 0 Å². The van der Waals surface area contributed by atoms with E-state index in [-0.39, 0.29) is 19.9 Å². The summed E-state index contributed by atoms with van der Waals surface area (Å²) in [6, 6.07) is 3.67. The summed E-state index contributed by atoms with van der Waals surface area (Å²) in [5, 5.41) is 5.05. The molecule has 0 atom stereocenters. The molecule has 0 saturated carbocycles. The van der Waals surface area contributed by atoms with Crippen molar-refractivity contribution in [2.24, 2.45) is 5.14 Å². The number of methoxy groups -OCH3 is 1. The summed E-state index contributed by atoms with van der Waals surface area (Å²) in [6.07, 6.45) is 1.47. The maximum atomic E-state index is 11.6. The number of ether oxygens (including phenoxy) is 1. The lowest BCUT2D eigenvalue weighted by Gasteiger charge is -2.18. The first-order chi connectivity index (χ1) is 9.76. The van der Waals surface area contributed by atoms with Gasteiger partial charge in [0, 0.05) is 0 Å². The quantitative estimate of drug-likeness (QED) is 0.679. The molecule has 0 fully saturated rings. The minimum atomic E-state index is -4.12. The third-order valence-electron chi connectivity index (χ3n) is 2.59. The number of rotatable bonds is 6. The minimum absolute atomic E-state index is 0.0310. The Morgan fingerprint density at radius 1 is 1.05 bits per heavy atom. The van der Waals surface area contributed by atoms with Crippen LogP contribution in [0.5, 0.6) is 5.75 Å². The van der Waals surface area contributed by atoms with Gasteiger partial charge in [0.05, 0.1) is 26.2 Å². The molecule has 0 heterocycles. The topological polar surface area (TPSA) is 141 Å². The third kappa shape index (κ3) is 4.64. The van der Waals surface area contributed by atoms with E-state index in [1.807, 2.05) is 0 Å². The average Bonchev–Trinajstić information content (AvgIpc) is 2.31. The summed E-state index contributed by atoms with van der Waals surface area (Å²) in [6.45, 7) is -0.551. The molecule has 12 heteroatoms. The fourth-order valence-electron chi connectivity index (χ4n) is 1.67. The Morgan fingerprint density at radius 3 is 1.91 bits per heavy atom. The van der Waals surface area contributed by atoms with E-state index in [9.17, 15) is 25.3 Å². The van der Waals surface area contributed by atoms with Crippen molar-refractivity contribution in [3.8, 4) is 5.75 Å². The lowest BCUT2D eigenvalue weighted by molar-refractivity contribution is 0.402. The van der Waals surface area contributed by atoms with Gasteiger partial charge in [-0.3, -0.25) is 0 Å². The highest BCUT2D eigenvalue weighted by Gasteiger charge is 2.27. The van der Waals surface area contributed by atoms with Gasteiger partial charge in [-0.2, -0.15) is 0 Å². The van der Waals surface area contributed by atoms with Crippen molar-refractivity contribution < 1.29 is 30.0 Å². The van der Waals surface area contributed by atoms with Gasteiger partial charge in [0.25, 0.3) is 0 Å². The Balaban J connectivity index is 3.41. The first kappa shape index (κ1) is 18.8. The monoisotopic (exact) mass is 372 g/mol. The van der Waals surface area contributed by atoms with Crippen LogP contribution in [0.15, 0.2) is 23.1 Å². The normalized spacial score (nSPS) is 13.3. The highest BCUT2D eigenvalue weighted by molar-refractivity contribution is 8.03. The molecule has 22 heavy (non-hydrogen) atoms. The zero-order valence-electron chi connectivity index (χ0n) is 12.0. The molecule has 0 unspecified atom stereocenters. The Hall–Kier alpha value is -1.21. The molecule has 0 amide bonds. The van der Waals surface area contributed by atoms with Gasteiger partial charge in [-0.05, 0) is 17.7 Å². The van der Waals surface area contributed by atoms with Crippen molar-refractivity contribution in [2.75, 3.05) is 19.6 Å². The second-order valence-corrected chi connectivity index (χ2v) is 10.1. The van der Waals surface area contributed by atoms with Crippen molar-refractivity contribution >= 4 is 30.1 Å². The lowest BCUT2D eigenvalue weighted by atomic mass is 10.2. The molecule has 0 aliphatic carbocycles. The Kier molecular flexibility index (Phi) is 5.24. The highest BCUT2D eigenvalue weighted by Crippen LogP contribution is 2.25. The standard InChI is InChI=1S/C10H16N2O7S3/c1-19-9-5-4-8(6-10(9)22(11,17)18)7-12(20(2,13)14)21(3,15)16/h4-6H,7H2,1-3H3,(H2,11,17,18). The van der Waals surface area contributed by atoms with Gasteiger partial charge in [-0.15, -0.1) is 0 Å². The molecular weight excluding hydrogens is 356 g/mol. The van der Waals surface area contributed by atoms with E-state index >= 15 is 0 Å². The maximum Gasteiger partial charge on any atom is 0.241 e. The van der Waals surface area contributed by atoms with Crippen LogP contribution in [0.25, 0.3) is 0 Å². The molecule has 2 N–H and O–H groups in total. The number of nitrogens with zero attached hydrogens (tertiary/aromatic N) is 1. The fourth-order valence-corrected chi connectivity index (χ4v) is 5.15. The molecule has 0 bridgehead atoms. The van der Waals surface area contributed by atoms with Gasteiger partial charge in [0.15, 0.2) is 0 Å². The number of hydrogen-bond donors (Lipinski definition) is 1. The Bertz CT molecular complexity index is 841. The average molecular weight is 372 g/mol. The summed E-state index contributed by atoms with van der Waals surface area (Å²) < 4.78 is 74.4. The second kappa shape index (κ2) is 6.12. The molecule has 0 aromatic heterocycles. The zero-order valence-corrected chi connectivity index (χ0v) is 14.5. The van der Waals surface area contributed by atoms with Gasteiger partial charge in [-0.1, -0.05) is 9.78 Å². The van der Waals surface area contributed by atoms with Crippen LogP contribution >= 0.6 is 0 Å². The zero-order chi connectivity index (χ0) is 17.3. The minimum Gasteiger partial charge on any atom is -0.495 e. The van der Waals surface area contributed by atoms with Crippen LogP contribution in [0.1, 0.15) is 5.56 Å². The molecule has 9 nitrogen and oxygen atoms in total. The maximum absolute atomic E-state index is 11.6. The second-order valence-electron chi connectivity index (χ2n) is 4.49. The Morgan fingerprint density at radius 2 is 1.55 bits per heavy atom. The molecule has 1 aromatic carbocycles. The third-order valence-corrected chi connectivity index (χ3v) is 6.88. The predicted molar refractivity (Wildman–Crippen MR) is 79.6 cm³/mol. The number of nitrogens with two attached hydrogens (primary N) is 1. The highest BCUT2D eigenvalue weighted by atomic mass is 32.3. The SMILES string of the molecule is COc1ccc(CN(S(C)(=O)=O)S(C)(=O)=O)cc1S(N)(=O)=O. The summed E-state index contributed by atoms with van der Waals surface area (Å²) in [5.74, 6) is -0.0310. The van der Waals surface area contributed by atoms with Crippen molar-refractivity contribution in [3.63, 3.8) is 0 Å². The Labute approximate surface area is 129 Å². The predicted octanol–water partition coefficient (Wildman–Crippen LogP) is -0.936. The number of primary sulfonamides is 1. The van der Waals surface area contributed by atoms with E-state index in [2.05, 4.69) is 0 Å². The fraction of sp³-hybridized carbons (Fsp3) is 0.400. The molecule has 0 saturated heterocycles. The molecule has 1 aromatic rings. The lowest BCUT2D eigenvalue weighted by Crippen LogP contribution is -2.34. The smallest absolute Gasteiger partial charge is 0.241 e. The number of benzene rings is 1. The summed E-state index contributed by atoms with van der Waals surface area (Å²) >= 11 is 0. The molecule has 0 aliphatic heterocycles. The van der Waals surface area contributed by atoms with E-state index in [1.54, 1.807) is 0 Å². The molecule has 0 aliphatic rings. The van der Waals surface area contributed by atoms with Crippen LogP contribution < -0.4 is 9.88 Å².